The van der Waals surface area contributed by atoms with E-state index in [2.05, 4.69) is 4.72 Å². The SMILES string of the molecule is O=C(CCNS(=O)(=O)c1ccc(F)cc1)N1CCC2(CC1)OCCO2. The fourth-order valence-corrected chi connectivity index (χ4v) is 4.06. The highest BCUT2D eigenvalue weighted by Crippen LogP contribution is 2.31. The Morgan fingerprint density at radius 3 is 2.36 bits per heavy atom. The van der Waals surface area contributed by atoms with Crippen LogP contribution >= 0.6 is 0 Å². The Morgan fingerprint density at radius 2 is 1.76 bits per heavy atom. The van der Waals surface area contributed by atoms with Crippen molar-refractivity contribution in [3.05, 3.63) is 30.1 Å². The van der Waals surface area contributed by atoms with Gasteiger partial charge in [0.05, 0.1) is 18.1 Å². The number of amides is 1. The number of benzene rings is 1. The Morgan fingerprint density at radius 1 is 1.16 bits per heavy atom. The van der Waals surface area contributed by atoms with Gasteiger partial charge < -0.3 is 14.4 Å². The smallest absolute Gasteiger partial charge is 0.240 e. The van der Waals surface area contributed by atoms with E-state index in [1.165, 1.54) is 12.1 Å². The standard InChI is InChI=1S/C16H21FN2O5S/c17-13-1-3-14(4-2-13)25(21,22)18-8-5-15(20)19-9-6-16(7-10-19)23-11-12-24-16/h1-4,18H,5-12H2. The molecule has 2 heterocycles. The zero-order chi connectivity index (χ0) is 17.9. The molecule has 0 atom stereocenters. The second-order valence-electron chi connectivity index (χ2n) is 6.09. The summed E-state index contributed by atoms with van der Waals surface area (Å²) in [5.41, 5.74) is 0. The van der Waals surface area contributed by atoms with Gasteiger partial charge in [-0.25, -0.2) is 17.5 Å². The van der Waals surface area contributed by atoms with Crippen molar-refractivity contribution in [3.63, 3.8) is 0 Å². The van der Waals surface area contributed by atoms with Gasteiger partial charge in [-0.05, 0) is 24.3 Å². The monoisotopic (exact) mass is 372 g/mol. The predicted molar refractivity (Wildman–Crippen MR) is 86.7 cm³/mol. The van der Waals surface area contributed by atoms with Crippen molar-refractivity contribution < 1.29 is 27.1 Å². The molecule has 0 unspecified atom stereocenters. The molecule has 2 aliphatic heterocycles. The molecule has 1 aromatic carbocycles. The Kier molecular flexibility index (Phi) is 5.38. The van der Waals surface area contributed by atoms with E-state index in [4.69, 9.17) is 9.47 Å². The Hall–Kier alpha value is -1.55. The molecule has 2 aliphatic rings. The van der Waals surface area contributed by atoms with Gasteiger partial charge in [0.1, 0.15) is 5.82 Å². The van der Waals surface area contributed by atoms with Crippen LogP contribution in [0.3, 0.4) is 0 Å². The lowest BCUT2D eigenvalue weighted by Gasteiger charge is -2.37. The lowest BCUT2D eigenvalue weighted by Crippen LogP contribution is -2.47. The summed E-state index contributed by atoms with van der Waals surface area (Å²) in [6, 6.07) is 4.53. The van der Waals surface area contributed by atoms with Crippen LogP contribution in [0.4, 0.5) is 4.39 Å². The van der Waals surface area contributed by atoms with Crippen LogP contribution in [0.25, 0.3) is 0 Å². The third kappa shape index (κ3) is 4.35. The lowest BCUT2D eigenvalue weighted by atomic mass is 10.0. The summed E-state index contributed by atoms with van der Waals surface area (Å²) in [5.74, 6) is -1.16. The number of piperidine rings is 1. The summed E-state index contributed by atoms with van der Waals surface area (Å²) in [5, 5.41) is 0. The second kappa shape index (κ2) is 7.36. The average molecular weight is 372 g/mol. The number of rotatable bonds is 5. The number of carbonyl (C=O) groups is 1. The summed E-state index contributed by atoms with van der Waals surface area (Å²) in [6.45, 7) is 2.22. The van der Waals surface area contributed by atoms with Gasteiger partial charge in [0.25, 0.3) is 0 Å². The van der Waals surface area contributed by atoms with E-state index >= 15 is 0 Å². The molecule has 2 fully saturated rings. The molecule has 1 amide bonds. The molecule has 0 bridgehead atoms. The number of likely N-dealkylation sites (tertiary alicyclic amines) is 1. The molecular formula is C16H21FN2O5S. The summed E-state index contributed by atoms with van der Waals surface area (Å²) in [6.07, 6.45) is 1.31. The van der Waals surface area contributed by atoms with Crippen LogP contribution in [0.5, 0.6) is 0 Å². The van der Waals surface area contributed by atoms with Crippen LogP contribution in [0.2, 0.25) is 0 Å². The number of halogens is 1. The number of hydrogen-bond donors (Lipinski definition) is 1. The summed E-state index contributed by atoms with van der Waals surface area (Å²) in [7, 11) is -3.75. The molecular weight excluding hydrogens is 351 g/mol. The van der Waals surface area contributed by atoms with Gasteiger partial charge in [-0.1, -0.05) is 0 Å². The zero-order valence-electron chi connectivity index (χ0n) is 13.7. The van der Waals surface area contributed by atoms with Crippen LogP contribution < -0.4 is 4.72 Å². The van der Waals surface area contributed by atoms with Gasteiger partial charge in [-0.3, -0.25) is 4.79 Å². The van der Waals surface area contributed by atoms with Crippen molar-refractivity contribution in [3.8, 4) is 0 Å². The minimum Gasteiger partial charge on any atom is -0.347 e. The van der Waals surface area contributed by atoms with Crippen LogP contribution in [-0.4, -0.2) is 57.9 Å². The van der Waals surface area contributed by atoms with E-state index in [9.17, 15) is 17.6 Å². The maximum absolute atomic E-state index is 12.9. The van der Waals surface area contributed by atoms with E-state index in [0.717, 1.165) is 12.1 Å². The third-order valence-corrected chi connectivity index (χ3v) is 5.92. The molecule has 9 heteroatoms. The van der Waals surface area contributed by atoms with Crippen molar-refractivity contribution in [2.45, 2.75) is 29.9 Å². The summed E-state index contributed by atoms with van der Waals surface area (Å²) >= 11 is 0. The first kappa shape index (κ1) is 18.2. The van der Waals surface area contributed by atoms with Crippen LogP contribution in [-0.2, 0) is 24.3 Å². The largest absolute Gasteiger partial charge is 0.347 e. The molecule has 7 nitrogen and oxygen atoms in total. The van der Waals surface area contributed by atoms with Gasteiger partial charge in [0.15, 0.2) is 5.79 Å². The maximum Gasteiger partial charge on any atom is 0.240 e. The van der Waals surface area contributed by atoms with Crippen LogP contribution in [0.15, 0.2) is 29.2 Å². The zero-order valence-corrected chi connectivity index (χ0v) is 14.6. The number of sulfonamides is 1. The molecule has 3 rings (SSSR count). The van der Waals surface area contributed by atoms with E-state index in [1.807, 2.05) is 0 Å². The first-order valence-corrected chi connectivity index (χ1v) is 9.70. The fraction of sp³-hybridized carbons (Fsp3) is 0.562. The molecule has 1 spiro atoms. The molecule has 2 saturated heterocycles. The van der Waals surface area contributed by atoms with E-state index in [0.29, 0.717) is 39.1 Å². The fourth-order valence-electron chi connectivity index (χ4n) is 3.03. The first-order chi connectivity index (χ1) is 11.9. The Bertz CT molecular complexity index is 707. The second-order valence-corrected chi connectivity index (χ2v) is 7.86. The van der Waals surface area contributed by atoms with Gasteiger partial charge in [0, 0.05) is 38.9 Å². The van der Waals surface area contributed by atoms with E-state index < -0.39 is 21.6 Å². The molecule has 0 aliphatic carbocycles. The quantitative estimate of drug-likeness (QED) is 0.829. The molecule has 0 aromatic heterocycles. The highest BCUT2D eigenvalue weighted by molar-refractivity contribution is 7.89. The van der Waals surface area contributed by atoms with Crippen molar-refractivity contribution in [1.29, 1.82) is 0 Å². The molecule has 138 valence electrons. The average Bonchev–Trinajstić information content (AvgIpc) is 3.04. The number of carbonyl (C=O) groups excluding carboxylic acids is 1. The lowest BCUT2D eigenvalue weighted by molar-refractivity contribution is -0.187. The number of hydrogen-bond acceptors (Lipinski definition) is 5. The van der Waals surface area contributed by atoms with Gasteiger partial charge in [-0.15, -0.1) is 0 Å². The minimum absolute atomic E-state index is 0.00676. The number of nitrogens with one attached hydrogen (secondary N) is 1. The summed E-state index contributed by atoms with van der Waals surface area (Å²) < 4.78 is 50.6. The molecule has 1 N–H and O–H groups in total. The number of ether oxygens (including phenoxy) is 2. The van der Waals surface area contributed by atoms with Crippen molar-refractivity contribution in [2.75, 3.05) is 32.8 Å². The first-order valence-electron chi connectivity index (χ1n) is 8.21. The van der Waals surface area contributed by atoms with Gasteiger partial charge in [0.2, 0.25) is 15.9 Å². The normalized spacial score (nSPS) is 20.1. The van der Waals surface area contributed by atoms with Gasteiger partial charge in [-0.2, -0.15) is 0 Å². The van der Waals surface area contributed by atoms with Crippen molar-refractivity contribution in [1.82, 2.24) is 9.62 Å². The molecule has 25 heavy (non-hydrogen) atoms. The van der Waals surface area contributed by atoms with Crippen molar-refractivity contribution in [2.24, 2.45) is 0 Å². The van der Waals surface area contributed by atoms with E-state index in [-0.39, 0.29) is 23.8 Å². The molecule has 1 aromatic rings. The van der Waals surface area contributed by atoms with Crippen LogP contribution in [0, 0.1) is 5.82 Å². The summed E-state index contributed by atoms with van der Waals surface area (Å²) in [4.78, 5) is 13.9. The predicted octanol–water partition coefficient (Wildman–Crippen LogP) is 0.860. The van der Waals surface area contributed by atoms with Crippen LogP contribution in [0.1, 0.15) is 19.3 Å². The van der Waals surface area contributed by atoms with Crippen molar-refractivity contribution >= 4 is 15.9 Å². The highest BCUT2D eigenvalue weighted by atomic mass is 32.2. The van der Waals surface area contributed by atoms with E-state index in [1.54, 1.807) is 4.90 Å². The molecule has 0 radical (unpaired) electrons. The third-order valence-electron chi connectivity index (χ3n) is 4.45. The minimum atomic E-state index is -3.75. The molecule has 0 saturated carbocycles. The topological polar surface area (TPSA) is 84.9 Å². The number of nitrogens with zero attached hydrogens (tertiary/aromatic N) is 1. The highest BCUT2D eigenvalue weighted by Gasteiger charge is 2.40. The Balaban J connectivity index is 1.45. The Labute approximate surface area is 146 Å². The maximum atomic E-state index is 12.9. The van der Waals surface area contributed by atoms with Gasteiger partial charge >= 0.3 is 0 Å².